The van der Waals surface area contributed by atoms with E-state index in [1.807, 2.05) is 0 Å². The Morgan fingerprint density at radius 3 is 2.50 bits per heavy atom. The van der Waals surface area contributed by atoms with Crippen LogP contribution in [0.1, 0.15) is 13.3 Å². The lowest BCUT2D eigenvalue weighted by Crippen LogP contribution is -2.21. The molecule has 0 saturated carbocycles. The van der Waals surface area contributed by atoms with E-state index in [4.69, 9.17) is 10.8 Å². The highest BCUT2D eigenvalue weighted by atomic mass is 16.4. The van der Waals surface area contributed by atoms with E-state index in [1.54, 1.807) is 13.0 Å². The molecule has 0 aliphatic heterocycles. The Labute approximate surface area is 71.1 Å². The fourth-order valence-corrected chi connectivity index (χ4v) is 0.799. The summed E-state index contributed by atoms with van der Waals surface area (Å²) < 4.78 is 0. The van der Waals surface area contributed by atoms with Crippen LogP contribution in [0.4, 0.5) is 0 Å². The van der Waals surface area contributed by atoms with Crippen LogP contribution in [-0.4, -0.2) is 23.4 Å². The van der Waals surface area contributed by atoms with Crippen molar-refractivity contribution in [1.82, 2.24) is 0 Å². The normalized spacial score (nSPS) is 13.2. The second kappa shape index (κ2) is 5.49. The predicted molar refractivity (Wildman–Crippen MR) is 44.6 cm³/mol. The van der Waals surface area contributed by atoms with E-state index < -0.39 is 11.9 Å². The van der Waals surface area contributed by atoms with Gasteiger partial charge in [0, 0.05) is 6.42 Å². The van der Waals surface area contributed by atoms with Gasteiger partial charge in [0.2, 0.25) is 0 Å². The molecule has 1 unspecified atom stereocenters. The van der Waals surface area contributed by atoms with Crippen molar-refractivity contribution in [3.05, 3.63) is 12.2 Å². The standard InChI is InChI=1S/C8H13NO3/c1-2-3-6(8(11)12)4-7(10)5-9/h2-3,6H,4-5,9H2,1H3,(H,11,12). The Bertz CT molecular complexity index is 198. The zero-order valence-corrected chi connectivity index (χ0v) is 6.99. The SMILES string of the molecule is CC=CC(CC(=O)CN)C(=O)O. The second-order valence-electron chi connectivity index (χ2n) is 2.42. The number of aliphatic carboxylic acids is 1. The summed E-state index contributed by atoms with van der Waals surface area (Å²) in [5, 5.41) is 8.60. The van der Waals surface area contributed by atoms with Gasteiger partial charge in [-0.3, -0.25) is 9.59 Å². The summed E-state index contributed by atoms with van der Waals surface area (Å²) in [6.07, 6.45) is 3.08. The summed E-state index contributed by atoms with van der Waals surface area (Å²) in [5.74, 6) is -1.96. The summed E-state index contributed by atoms with van der Waals surface area (Å²) in [7, 11) is 0. The van der Waals surface area contributed by atoms with Gasteiger partial charge in [0.25, 0.3) is 0 Å². The van der Waals surface area contributed by atoms with E-state index in [1.165, 1.54) is 6.08 Å². The first-order chi connectivity index (χ1) is 5.61. The molecule has 68 valence electrons. The molecule has 0 radical (unpaired) electrons. The summed E-state index contributed by atoms with van der Waals surface area (Å²) in [6.45, 7) is 1.62. The van der Waals surface area contributed by atoms with Gasteiger partial charge in [0.05, 0.1) is 12.5 Å². The van der Waals surface area contributed by atoms with Crippen LogP contribution in [0, 0.1) is 5.92 Å². The number of hydrogen-bond donors (Lipinski definition) is 2. The third kappa shape index (κ3) is 3.88. The van der Waals surface area contributed by atoms with Crippen molar-refractivity contribution < 1.29 is 14.7 Å². The minimum absolute atomic E-state index is 0.0177. The van der Waals surface area contributed by atoms with Crippen molar-refractivity contribution in [1.29, 1.82) is 0 Å². The molecule has 0 spiro atoms. The molecule has 0 aromatic carbocycles. The van der Waals surface area contributed by atoms with Gasteiger partial charge in [-0.2, -0.15) is 0 Å². The van der Waals surface area contributed by atoms with Crippen LogP contribution in [0.2, 0.25) is 0 Å². The molecule has 4 nitrogen and oxygen atoms in total. The highest BCUT2D eigenvalue weighted by molar-refractivity contribution is 5.85. The van der Waals surface area contributed by atoms with Crippen LogP contribution in [0.5, 0.6) is 0 Å². The number of carboxylic acid groups (broad SMARTS) is 1. The lowest BCUT2D eigenvalue weighted by molar-refractivity contribution is -0.141. The lowest BCUT2D eigenvalue weighted by Gasteiger charge is -2.04. The molecule has 0 heterocycles. The van der Waals surface area contributed by atoms with E-state index in [2.05, 4.69) is 0 Å². The van der Waals surface area contributed by atoms with Crippen LogP contribution in [0.25, 0.3) is 0 Å². The number of nitrogens with two attached hydrogens (primary N) is 1. The predicted octanol–water partition coefficient (Wildman–Crippen LogP) is 0.181. The van der Waals surface area contributed by atoms with E-state index in [0.717, 1.165) is 0 Å². The van der Waals surface area contributed by atoms with Gasteiger partial charge in [-0.25, -0.2) is 0 Å². The zero-order valence-electron chi connectivity index (χ0n) is 6.99. The van der Waals surface area contributed by atoms with Crippen molar-refractivity contribution in [3.63, 3.8) is 0 Å². The number of carboxylic acids is 1. The van der Waals surface area contributed by atoms with Crippen LogP contribution in [0.3, 0.4) is 0 Å². The van der Waals surface area contributed by atoms with Crippen molar-refractivity contribution >= 4 is 11.8 Å². The average molecular weight is 171 g/mol. The monoisotopic (exact) mass is 171 g/mol. The summed E-state index contributed by atoms with van der Waals surface area (Å²) in [4.78, 5) is 21.3. The van der Waals surface area contributed by atoms with Crippen LogP contribution in [0.15, 0.2) is 12.2 Å². The summed E-state index contributed by atoms with van der Waals surface area (Å²) >= 11 is 0. The molecular formula is C8H13NO3. The van der Waals surface area contributed by atoms with Gasteiger partial charge in [-0.1, -0.05) is 12.2 Å². The summed E-state index contributed by atoms with van der Waals surface area (Å²) in [5.41, 5.74) is 5.05. The molecule has 0 fully saturated rings. The van der Waals surface area contributed by atoms with Gasteiger partial charge in [-0.05, 0) is 6.92 Å². The van der Waals surface area contributed by atoms with Gasteiger partial charge in [-0.15, -0.1) is 0 Å². The smallest absolute Gasteiger partial charge is 0.310 e. The molecule has 0 aliphatic rings. The maximum absolute atomic E-state index is 10.8. The van der Waals surface area contributed by atoms with Crippen LogP contribution >= 0.6 is 0 Å². The minimum Gasteiger partial charge on any atom is -0.481 e. The number of carbonyl (C=O) groups excluding carboxylic acids is 1. The number of carbonyl (C=O) groups is 2. The Kier molecular flexibility index (Phi) is 4.96. The average Bonchev–Trinajstić information content (AvgIpc) is 2.03. The van der Waals surface area contributed by atoms with E-state index >= 15 is 0 Å². The highest BCUT2D eigenvalue weighted by Gasteiger charge is 2.16. The number of ketones is 1. The first kappa shape index (κ1) is 10.8. The van der Waals surface area contributed by atoms with Crippen molar-refractivity contribution in [3.8, 4) is 0 Å². The quantitative estimate of drug-likeness (QED) is 0.578. The molecule has 0 rings (SSSR count). The largest absolute Gasteiger partial charge is 0.481 e. The topological polar surface area (TPSA) is 80.4 Å². The molecule has 0 saturated heterocycles. The third-order valence-corrected chi connectivity index (χ3v) is 1.42. The fraction of sp³-hybridized carbons (Fsp3) is 0.500. The Hall–Kier alpha value is -1.16. The fourth-order valence-electron chi connectivity index (χ4n) is 0.799. The Morgan fingerprint density at radius 1 is 1.58 bits per heavy atom. The molecule has 0 aromatic rings. The number of hydrogen-bond acceptors (Lipinski definition) is 3. The van der Waals surface area contributed by atoms with Crippen LogP contribution < -0.4 is 5.73 Å². The molecule has 4 heteroatoms. The third-order valence-electron chi connectivity index (χ3n) is 1.42. The molecule has 3 N–H and O–H groups in total. The summed E-state index contributed by atoms with van der Waals surface area (Å²) in [6, 6.07) is 0. The maximum atomic E-state index is 10.8. The van der Waals surface area contributed by atoms with Gasteiger partial charge in [0.1, 0.15) is 5.78 Å². The number of rotatable bonds is 5. The Morgan fingerprint density at radius 2 is 2.17 bits per heavy atom. The molecular weight excluding hydrogens is 158 g/mol. The molecule has 0 bridgehead atoms. The molecule has 0 aliphatic carbocycles. The van der Waals surface area contributed by atoms with Gasteiger partial charge < -0.3 is 10.8 Å². The number of Topliss-reactive ketones (excluding diaryl/α,β-unsaturated/α-hetero) is 1. The van der Waals surface area contributed by atoms with E-state index in [9.17, 15) is 9.59 Å². The van der Waals surface area contributed by atoms with Crippen LogP contribution in [-0.2, 0) is 9.59 Å². The van der Waals surface area contributed by atoms with Crippen molar-refractivity contribution in [2.24, 2.45) is 11.7 Å². The van der Waals surface area contributed by atoms with E-state index in [0.29, 0.717) is 0 Å². The minimum atomic E-state index is -0.991. The van der Waals surface area contributed by atoms with E-state index in [-0.39, 0.29) is 18.7 Å². The number of allylic oxidation sites excluding steroid dienone is 1. The molecule has 0 aromatic heterocycles. The molecule has 1 atom stereocenters. The molecule has 12 heavy (non-hydrogen) atoms. The van der Waals surface area contributed by atoms with Gasteiger partial charge in [0.15, 0.2) is 0 Å². The molecule has 0 amide bonds. The zero-order chi connectivity index (χ0) is 9.56. The first-order valence-corrected chi connectivity index (χ1v) is 3.69. The van der Waals surface area contributed by atoms with Crippen molar-refractivity contribution in [2.75, 3.05) is 6.54 Å². The van der Waals surface area contributed by atoms with Crippen molar-refractivity contribution in [2.45, 2.75) is 13.3 Å². The first-order valence-electron chi connectivity index (χ1n) is 3.69. The van der Waals surface area contributed by atoms with Gasteiger partial charge >= 0.3 is 5.97 Å². The lowest BCUT2D eigenvalue weighted by atomic mass is 10.0. The Balaban J connectivity index is 4.13. The maximum Gasteiger partial charge on any atom is 0.310 e. The highest BCUT2D eigenvalue weighted by Crippen LogP contribution is 2.05. The second-order valence-corrected chi connectivity index (χ2v) is 2.42.